The van der Waals surface area contributed by atoms with Crippen LogP contribution in [0.15, 0.2) is 24.3 Å². The Balaban J connectivity index is 1.98. The number of hydrogen-bond donors (Lipinski definition) is 2. The quantitative estimate of drug-likeness (QED) is 0.857. The van der Waals surface area contributed by atoms with E-state index in [0.717, 1.165) is 38.0 Å². The van der Waals surface area contributed by atoms with Gasteiger partial charge in [-0.25, -0.2) is 0 Å². The van der Waals surface area contributed by atoms with Crippen LogP contribution in [0.4, 0.5) is 5.69 Å². The van der Waals surface area contributed by atoms with Gasteiger partial charge in [0.15, 0.2) is 0 Å². The minimum absolute atomic E-state index is 0.121. The molecular formula is C15H22N2O. The molecule has 1 unspecified atom stereocenters. The van der Waals surface area contributed by atoms with Crippen molar-refractivity contribution < 1.29 is 4.79 Å². The zero-order chi connectivity index (χ0) is 13.0. The molecule has 0 bridgehead atoms. The summed E-state index contributed by atoms with van der Waals surface area (Å²) in [6, 6.07) is 8.17. The molecule has 2 rings (SSSR count). The highest BCUT2D eigenvalue weighted by atomic mass is 16.2. The molecule has 2 N–H and O–H groups in total. The summed E-state index contributed by atoms with van der Waals surface area (Å²) < 4.78 is 0. The predicted octanol–water partition coefficient (Wildman–Crippen LogP) is 2.58. The van der Waals surface area contributed by atoms with E-state index in [0.29, 0.717) is 0 Å². The number of hydrogen-bond acceptors (Lipinski definition) is 2. The van der Waals surface area contributed by atoms with Crippen molar-refractivity contribution in [2.24, 2.45) is 5.41 Å². The Labute approximate surface area is 109 Å². The lowest BCUT2D eigenvalue weighted by Crippen LogP contribution is -2.35. The Kier molecular flexibility index (Phi) is 4.02. The van der Waals surface area contributed by atoms with Crippen LogP contribution in [-0.2, 0) is 11.2 Å². The number of aryl methyl sites for hydroxylation is 1. The van der Waals surface area contributed by atoms with E-state index in [2.05, 4.69) is 29.7 Å². The summed E-state index contributed by atoms with van der Waals surface area (Å²) in [4.78, 5) is 12.2. The molecule has 1 amide bonds. The third-order valence-corrected chi connectivity index (χ3v) is 3.67. The molecule has 1 aliphatic heterocycles. The van der Waals surface area contributed by atoms with Crippen LogP contribution in [0.25, 0.3) is 0 Å². The van der Waals surface area contributed by atoms with Crippen molar-refractivity contribution in [3.8, 4) is 0 Å². The largest absolute Gasteiger partial charge is 0.326 e. The van der Waals surface area contributed by atoms with Crippen molar-refractivity contribution in [3.63, 3.8) is 0 Å². The van der Waals surface area contributed by atoms with Crippen molar-refractivity contribution in [2.45, 2.75) is 33.1 Å². The maximum atomic E-state index is 12.2. The van der Waals surface area contributed by atoms with Gasteiger partial charge < -0.3 is 10.6 Å². The Hall–Kier alpha value is -1.35. The molecule has 1 heterocycles. The van der Waals surface area contributed by atoms with E-state index in [-0.39, 0.29) is 11.3 Å². The van der Waals surface area contributed by atoms with Crippen LogP contribution in [-0.4, -0.2) is 19.0 Å². The predicted molar refractivity (Wildman–Crippen MR) is 74.7 cm³/mol. The van der Waals surface area contributed by atoms with E-state index < -0.39 is 0 Å². The van der Waals surface area contributed by atoms with E-state index in [4.69, 9.17) is 0 Å². The molecule has 0 aromatic heterocycles. The summed E-state index contributed by atoms with van der Waals surface area (Å²) in [5.41, 5.74) is 1.96. The van der Waals surface area contributed by atoms with Gasteiger partial charge in [0.05, 0.1) is 5.41 Å². The highest BCUT2D eigenvalue weighted by molar-refractivity contribution is 5.95. The maximum absolute atomic E-state index is 12.2. The topological polar surface area (TPSA) is 41.1 Å². The lowest BCUT2D eigenvalue weighted by atomic mass is 9.88. The lowest BCUT2D eigenvalue weighted by molar-refractivity contribution is -0.123. The Morgan fingerprint density at radius 1 is 1.39 bits per heavy atom. The second-order valence-corrected chi connectivity index (χ2v) is 5.39. The molecule has 0 aliphatic carbocycles. The first-order valence-electron chi connectivity index (χ1n) is 6.75. The zero-order valence-corrected chi connectivity index (χ0v) is 11.3. The standard InChI is InChI=1S/C15H22N2O/c1-3-4-12-5-7-13(8-6-12)17-14(18)15(2)9-10-16-11-15/h5-8,16H,3-4,9-11H2,1-2H3,(H,17,18). The van der Waals surface area contributed by atoms with Gasteiger partial charge >= 0.3 is 0 Å². The van der Waals surface area contributed by atoms with Crippen LogP contribution >= 0.6 is 0 Å². The van der Waals surface area contributed by atoms with E-state index in [1.807, 2.05) is 19.1 Å². The van der Waals surface area contributed by atoms with Crippen molar-refractivity contribution in [1.29, 1.82) is 0 Å². The second-order valence-electron chi connectivity index (χ2n) is 5.39. The van der Waals surface area contributed by atoms with Gasteiger partial charge in [0.25, 0.3) is 0 Å². The molecule has 1 aliphatic rings. The number of nitrogens with one attached hydrogen (secondary N) is 2. The van der Waals surface area contributed by atoms with Gasteiger partial charge in [-0.1, -0.05) is 25.5 Å². The summed E-state index contributed by atoms with van der Waals surface area (Å²) in [6.45, 7) is 5.89. The number of carbonyl (C=O) groups excluding carboxylic acids is 1. The van der Waals surface area contributed by atoms with Gasteiger partial charge in [-0.3, -0.25) is 4.79 Å². The molecule has 1 fully saturated rings. The Morgan fingerprint density at radius 2 is 2.11 bits per heavy atom. The van der Waals surface area contributed by atoms with E-state index >= 15 is 0 Å². The molecule has 1 saturated heterocycles. The van der Waals surface area contributed by atoms with Gasteiger partial charge in [0.2, 0.25) is 5.91 Å². The number of carbonyl (C=O) groups is 1. The van der Waals surface area contributed by atoms with Crippen molar-refractivity contribution >= 4 is 11.6 Å². The number of anilines is 1. The highest BCUT2D eigenvalue weighted by Crippen LogP contribution is 2.26. The number of rotatable bonds is 4. The normalized spacial score (nSPS) is 23.0. The van der Waals surface area contributed by atoms with Gasteiger partial charge in [0, 0.05) is 12.2 Å². The Morgan fingerprint density at radius 3 is 2.67 bits per heavy atom. The molecule has 1 aromatic carbocycles. The summed E-state index contributed by atoms with van der Waals surface area (Å²) in [7, 11) is 0. The minimum atomic E-state index is -0.262. The van der Waals surface area contributed by atoms with Crippen LogP contribution in [0.3, 0.4) is 0 Å². The first kappa shape index (κ1) is 13.1. The fourth-order valence-electron chi connectivity index (χ4n) is 2.34. The van der Waals surface area contributed by atoms with Crippen molar-refractivity contribution in [3.05, 3.63) is 29.8 Å². The smallest absolute Gasteiger partial charge is 0.231 e. The molecule has 3 heteroatoms. The lowest BCUT2D eigenvalue weighted by Gasteiger charge is -2.21. The number of benzene rings is 1. The fraction of sp³-hybridized carbons (Fsp3) is 0.533. The minimum Gasteiger partial charge on any atom is -0.326 e. The molecule has 0 saturated carbocycles. The molecule has 1 atom stereocenters. The first-order chi connectivity index (χ1) is 8.64. The van der Waals surface area contributed by atoms with E-state index in [1.54, 1.807) is 0 Å². The molecular weight excluding hydrogens is 224 g/mol. The monoisotopic (exact) mass is 246 g/mol. The number of amides is 1. The third kappa shape index (κ3) is 2.91. The van der Waals surface area contributed by atoms with Crippen LogP contribution < -0.4 is 10.6 Å². The second kappa shape index (κ2) is 5.53. The summed E-state index contributed by atoms with van der Waals surface area (Å²) >= 11 is 0. The van der Waals surface area contributed by atoms with Crippen LogP contribution in [0, 0.1) is 5.41 Å². The Bertz CT molecular complexity index is 405. The zero-order valence-electron chi connectivity index (χ0n) is 11.3. The van der Waals surface area contributed by atoms with Crippen LogP contribution in [0.2, 0.25) is 0 Å². The summed E-state index contributed by atoms with van der Waals surface area (Å²) in [5.74, 6) is 0.121. The fourth-order valence-corrected chi connectivity index (χ4v) is 2.34. The maximum Gasteiger partial charge on any atom is 0.231 e. The first-order valence-corrected chi connectivity index (χ1v) is 6.75. The van der Waals surface area contributed by atoms with Gasteiger partial charge in [0.1, 0.15) is 0 Å². The van der Waals surface area contributed by atoms with Crippen molar-refractivity contribution in [1.82, 2.24) is 5.32 Å². The van der Waals surface area contributed by atoms with E-state index in [1.165, 1.54) is 5.56 Å². The highest BCUT2D eigenvalue weighted by Gasteiger charge is 2.36. The molecule has 3 nitrogen and oxygen atoms in total. The van der Waals surface area contributed by atoms with E-state index in [9.17, 15) is 4.79 Å². The van der Waals surface area contributed by atoms with Crippen LogP contribution in [0.5, 0.6) is 0 Å². The van der Waals surface area contributed by atoms with Gasteiger partial charge in [-0.15, -0.1) is 0 Å². The molecule has 1 aromatic rings. The summed E-state index contributed by atoms with van der Waals surface area (Å²) in [5, 5.41) is 6.26. The van der Waals surface area contributed by atoms with Gasteiger partial charge in [-0.05, 0) is 44.0 Å². The SMILES string of the molecule is CCCc1ccc(NC(=O)C2(C)CCNC2)cc1. The van der Waals surface area contributed by atoms with Crippen molar-refractivity contribution in [2.75, 3.05) is 18.4 Å². The molecule has 98 valence electrons. The average Bonchev–Trinajstić information content (AvgIpc) is 2.80. The van der Waals surface area contributed by atoms with Crippen LogP contribution in [0.1, 0.15) is 32.3 Å². The molecule has 18 heavy (non-hydrogen) atoms. The molecule has 0 radical (unpaired) electrons. The summed E-state index contributed by atoms with van der Waals surface area (Å²) in [6.07, 6.45) is 3.15. The molecule has 0 spiro atoms. The average molecular weight is 246 g/mol. The third-order valence-electron chi connectivity index (χ3n) is 3.67. The van der Waals surface area contributed by atoms with Gasteiger partial charge in [-0.2, -0.15) is 0 Å².